The third-order valence-electron chi connectivity index (χ3n) is 6.81. The summed E-state index contributed by atoms with van der Waals surface area (Å²) in [5.41, 5.74) is 1.33. The van der Waals surface area contributed by atoms with E-state index in [-0.39, 0.29) is 23.4 Å². The van der Waals surface area contributed by atoms with Gasteiger partial charge in [-0.3, -0.25) is 9.36 Å². The van der Waals surface area contributed by atoms with E-state index in [9.17, 15) is 9.90 Å². The average Bonchev–Trinajstić information content (AvgIpc) is 3.41. The number of aromatic nitrogens is 4. The van der Waals surface area contributed by atoms with Crippen molar-refractivity contribution in [3.63, 3.8) is 0 Å². The van der Waals surface area contributed by atoms with E-state index >= 15 is 0 Å². The van der Waals surface area contributed by atoms with Gasteiger partial charge in [0, 0.05) is 5.56 Å². The minimum absolute atomic E-state index is 0.0828. The van der Waals surface area contributed by atoms with Crippen molar-refractivity contribution >= 4 is 31.2 Å². The first kappa shape index (κ1) is 26.3. The third kappa shape index (κ3) is 5.05. The number of fused-ring (bicyclic) bond motifs is 1. The summed E-state index contributed by atoms with van der Waals surface area (Å²) in [6, 6.07) is 8.84. The van der Waals surface area contributed by atoms with Crippen LogP contribution in [0.4, 0.5) is 5.82 Å². The Kier molecular flexibility index (Phi) is 7.55. The fraction of sp³-hybridized carbons (Fsp3) is 0.500. The van der Waals surface area contributed by atoms with Crippen LogP contribution >= 0.6 is 0 Å². The van der Waals surface area contributed by atoms with E-state index < -0.39 is 32.9 Å². The van der Waals surface area contributed by atoms with Gasteiger partial charge < -0.3 is 19.6 Å². The van der Waals surface area contributed by atoms with Gasteiger partial charge in [0.25, 0.3) is 5.91 Å². The Balaban J connectivity index is 1.71. The molecule has 1 aliphatic heterocycles. The smallest absolute Gasteiger partial charge is 0.256 e. The number of ether oxygens (including phenoxy) is 1. The Labute approximate surface area is 210 Å². The van der Waals surface area contributed by atoms with E-state index in [0.717, 1.165) is 0 Å². The summed E-state index contributed by atoms with van der Waals surface area (Å²) in [4.78, 5) is 36.4. The fourth-order valence-corrected chi connectivity index (χ4v) is 5.13. The zero-order valence-corrected chi connectivity index (χ0v) is 22.3. The number of nitrogens with zero attached hydrogens (tertiary/aromatic N) is 4. The number of nitrogens with one attached hydrogen (secondary N) is 1. The average molecular weight is 516 g/mol. The predicted molar refractivity (Wildman–Crippen MR) is 135 cm³/mol. The van der Waals surface area contributed by atoms with Crippen molar-refractivity contribution in [3.8, 4) is 0 Å². The maximum Gasteiger partial charge on any atom is 0.256 e. The minimum Gasteiger partial charge on any atom is -0.406 e. The van der Waals surface area contributed by atoms with Crippen LogP contribution in [0.3, 0.4) is 0 Å². The molecule has 1 amide bonds. The molecule has 0 spiro atoms. The number of carbonyl (C=O) groups is 1. The minimum atomic E-state index is -2.30. The number of carbonyl (C=O) groups excluding carboxylic acids is 1. The zero-order chi connectivity index (χ0) is 26.1. The van der Waals surface area contributed by atoms with E-state index in [1.807, 2.05) is 6.07 Å². The standard InChI is InChI=1S/C24H33N5O6Si/c1-24(2,3)36(5,6)35-19-18(34-32-4)16(12-30)33-23(19)29-14-27-17-20(25-13-26-21(17)29)28-22(31)15-10-8-7-9-11-15/h7-11,13-14,16,18-19,23,30H,12H2,1-6H3,(H,25,26,28,31)/t16-,18?,19?,23-/m1/s1. The van der Waals surface area contributed by atoms with E-state index in [1.54, 1.807) is 35.2 Å². The monoisotopic (exact) mass is 515 g/mol. The Bertz CT molecular complexity index is 1200. The molecule has 1 aromatic carbocycles. The van der Waals surface area contributed by atoms with Crippen molar-refractivity contribution in [1.29, 1.82) is 0 Å². The van der Waals surface area contributed by atoms with Gasteiger partial charge >= 0.3 is 0 Å². The molecule has 4 atom stereocenters. The predicted octanol–water partition coefficient (Wildman–Crippen LogP) is 3.31. The first-order valence-corrected chi connectivity index (χ1v) is 14.7. The summed E-state index contributed by atoms with van der Waals surface area (Å²) in [6.07, 6.45) is 0.212. The van der Waals surface area contributed by atoms with Gasteiger partial charge in [0.15, 0.2) is 37.6 Å². The highest BCUT2D eigenvalue weighted by atomic mass is 28.4. The lowest BCUT2D eigenvalue weighted by molar-refractivity contribution is -0.322. The lowest BCUT2D eigenvalue weighted by Gasteiger charge is -2.40. The van der Waals surface area contributed by atoms with Gasteiger partial charge in [-0.05, 0) is 30.3 Å². The molecule has 4 rings (SSSR count). The maximum absolute atomic E-state index is 12.7. The summed E-state index contributed by atoms with van der Waals surface area (Å²) in [5.74, 6) is -0.0360. The van der Waals surface area contributed by atoms with E-state index in [1.165, 1.54) is 13.4 Å². The zero-order valence-electron chi connectivity index (χ0n) is 21.3. The van der Waals surface area contributed by atoms with Gasteiger partial charge in [0.2, 0.25) is 0 Å². The van der Waals surface area contributed by atoms with E-state index in [0.29, 0.717) is 16.7 Å². The van der Waals surface area contributed by atoms with Crippen molar-refractivity contribution in [3.05, 3.63) is 48.5 Å². The Morgan fingerprint density at radius 1 is 1.17 bits per heavy atom. The number of rotatable bonds is 8. The molecule has 0 saturated carbocycles. The van der Waals surface area contributed by atoms with Crippen LogP contribution in [-0.4, -0.2) is 70.9 Å². The molecular weight excluding hydrogens is 482 g/mol. The summed E-state index contributed by atoms with van der Waals surface area (Å²) < 4.78 is 14.7. The van der Waals surface area contributed by atoms with Gasteiger partial charge in [0.05, 0.1) is 20.0 Å². The molecule has 0 aliphatic carbocycles. The van der Waals surface area contributed by atoms with Gasteiger partial charge in [0.1, 0.15) is 18.5 Å². The molecule has 0 bridgehead atoms. The molecule has 2 aromatic heterocycles. The van der Waals surface area contributed by atoms with E-state index in [4.69, 9.17) is 18.9 Å². The molecule has 12 heteroatoms. The normalized spacial score (nSPS) is 22.8. The van der Waals surface area contributed by atoms with Crippen LogP contribution in [0.25, 0.3) is 11.2 Å². The molecule has 1 fully saturated rings. The molecule has 1 aliphatic rings. The highest BCUT2D eigenvalue weighted by Crippen LogP contribution is 2.43. The summed E-state index contributed by atoms with van der Waals surface area (Å²) in [7, 11) is -0.886. The lowest BCUT2D eigenvalue weighted by Crippen LogP contribution is -2.49. The summed E-state index contributed by atoms with van der Waals surface area (Å²) in [5, 5.41) is 12.7. The molecule has 11 nitrogen and oxygen atoms in total. The van der Waals surface area contributed by atoms with E-state index in [2.05, 4.69) is 54.1 Å². The summed E-state index contributed by atoms with van der Waals surface area (Å²) in [6.45, 7) is 10.4. The number of hydrogen-bond donors (Lipinski definition) is 2. The first-order chi connectivity index (χ1) is 17.1. The van der Waals surface area contributed by atoms with Crippen LogP contribution in [0.5, 0.6) is 0 Å². The largest absolute Gasteiger partial charge is 0.406 e. The lowest BCUT2D eigenvalue weighted by atomic mass is 10.1. The number of benzene rings is 1. The Morgan fingerprint density at radius 3 is 2.53 bits per heavy atom. The highest BCUT2D eigenvalue weighted by Gasteiger charge is 2.52. The molecule has 3 aromatic rings. The van der Waals surface area contributed by atoms with Gasteiger partial charge in [-0.1, -0.05) is 39.0 Å². The second kappa shape index (κ2) is 10.3. The van der Waals surface area contributed by atoms with Crippen LogP contribution in [0.15, 0.2) is 43.0 Å². The molecule has 2 unspecified atom stereocenters. The van der Waals surface area contributed by atoms with Crippen LogP contribution in [0, 0.1) is 0 Å². The number of amides is 1. The molecular formula is C24H33N5O6Si. The first-order valence-electron chi connectivity index (χ1n) is 11.7. The van der Waals surface area contributed by atoms with Crippen LogP contribution in [-0.2, 0) is 18.9 Å². The molecule has 0 radical (unpaired) electrons. The Hall–Kier alpha value is -2.74. The van der Waals surface area contributed by atoms with Crippen molar-refractivity contribution in [1.82, 2.24) is 19.5 Å². The van der Waals surface area contributed by atoms with Crippen LogP contribution in [0.1, 0.15) is 37.4 Å². The second-order valence-corrected chi connectivity index (χ2v) is 14.9. The van der Waals surface area contributed by atoms with Crippen molar-refractivity contribution < 1.29 is 28.8 Å². The van der Waals surface area contributed by atoms with Crippen molar-refractivity contribution in [2.45, 2.75) is 63.4 Å². The van der Waals surface area contributed by atoms with Crippen LogP contribution < -0.4 is 5.32 Å². The third-order valence-corrected chi connectivity index (χ3v) is 11.3. The number of aliphatic hydroxyl groups is 1. The second-order valence-electron chi connectivity index (χ2n) is 10.2. The molecule has 194 valence electrons. The number of aliphatic hydroxyl groups excluding tert-OH is 1. The maximum atomic E-state index is 12.7. The van der Waals surface area contributed by atoms with Gasteiger partial charge in [-0.25, -0.2) is 24.7 Å². The molecule has 36 heavy (non-hydrogen) atoms. The number of imidazole rings is 1. The van der Waals surface area contributed by atoms with Gasteiger partial charge in [-0.2, -0.15) is 0 Å². The van der Waals surface area contributed by atoms with Crippen molar-refractivity contribution in [2.75, 3.05) is 19.0 Å². The van der Waals surface area contributed by atoms with Gasteiger partial charge in [-0.15, -0.1) is 0 Å². The van der Waals surface area contributed by atoms with Crippen LogP contribution in [0.2, 0.25) is 18.1 Å². The molecule has 1 saturated heterocycles. The SMILES string of the molecule is COOC1C(O[Si](C)(C)C(C)(C)C)[C@H](n2cnc3c(NC(=O)c4ccccc4)ncnc32)O[C@@H]1CO. The number of anilines is 1. The molecule has 2 N–H and O–H groups in total. The van der Waals surface area contributed by atoms with Crippen molar-refractivity contribution in [2.24, 2.45) is 0 Å². The Morgan fingerprint density at radius 2 is 1.89 bits per heavy atom. The molecule has 3 heterocycles. The fourth-order valence-electron chi connectivity index (χ4n) is 3.85. The summed E-state index contributed by atoms with van der Waals surface area (Å²) >= 11 is 0. The topological polar surface area (TPSA) is 130 Å². The quantitative estimate of drug-likeness (QED) is 0.264. The highest BCUT2D eigenvalue weighted by molar-refractivity contribution is 6.74. The number of hydrogen-bond acceptors (Lipinski definition) is 9.